The van der Waals surface area contributed by atoms with Crippen LogP contribution >= 0.6 is 0 Å². The number of rotatable bonds is 2. The number of aromatic amines is 1. The van der Waals surface area contributed by atoms with Gasteiger partial charge in [-0.2, -0.15) is 0 Å². The van der Waals surface area contributed by atoms with Gasteiger partial charge in [0.2, 0.25) is 0 Å². The molecule has 0 radical (unpaired) electrons. The van der Waals surface area contributed by atoms with Crippen LogP contribution in [0.4, 0.5) is 0 Å². The number of fused-ring (bicyclic) bond motifs is 14. The Kier molecular flexibility index (Phi) is 3.70. The summed E-state index contributed by atoms with van der Waals surface area (Å²) in [6.07, 6.45) is 2.28. The number of H-pyrrole nitrogens is 1. The van der Waals surface area contributed by atoms with E-state index in [1.807, 2.05) is 0 Å². The van der Waals surface area contributed by atoms with Gasteiger partial charge in [-0.3, -0.25) is 0 Å². The minimum atomic E-state index is -0.284. The number of benzene rings is 5. The molecule has 0 saturated carbocycles. The summed E-state index contributed by atoms with van der Waals surface area (Å²) in [6.45, 7) is 2.26. The van der Waals surface area contributed by atoms with Crippen molar-refractivity contribution in [2.24, 2.45) is 0 Å². The van der Waals surface area contributed by atoms with Gasteiger partial charge in [0, 0.05) is 21.9 Å². The molecule has 1 spiro atoms. The van der Waals surface area contributed by atoms with Crippen molar-refractivity contribution in [2.75, 3.05) is 0 Å². The van der Waals surface area contributed by atoms with Gasteiger partial charge in [0.25, 0.3) is 0 Å². The van der Waals surface area contributed by atoms with Gasteiger partial charge < -0.3 is 4.98 Å². The molecule has 8 rings (SSSR count). The Morgan fingerprint density at radius 2 is 1.29 bits per heavy atom. The Balaban J connectivity index is 1.56. The van der Waals surface area contributed by atoms with E-state index < -0.39 is 0 Å². The quantitative estimate of drug-likeness (QED) is 0.273. The molecular weight excluding hydrogens is 422 g/mol. The van der Waals surface area contributed by atoms with Crippen molar-refractivity contribution < 1.29 is 0 Å². The summed E-state index contributed by atoms with van der Waals surface area (Å²) in [7, 11) is 0. The van der Waals surface area contributed by atoms with Crippen molar-refractivity contribution in [1.82, 2.24) is 4.98 Å². The van der Waals surface area contributed by atoms with Gasteiger partial charge in [0.05, 0.1) is 10.9 Å². The molecular formula is C34H25N. The van der Waals surface area contributed by atoms with Gasteiger partial charge in [-0.05, 0) is 57.0 Å². The summed E-state index contributed by atoms with van der Waals surface area (Å²) in [5.74, 6) is 0. The van der Waals surface area contributed by atoms with Crippen molar-refractivity contribution >= 4 is 21.8 Å². The van der Waals surface area contributed by atoms with Crippen LogP contribution in [0.1, 0.15) is 41.2 Å². The monoisotopic (exact) mass is 447 g/mol. The van der Waals surface area contributed by atoms with Crippen LogP contribution in [0.5, 0.6) is 0 Å². The van der Waals surface area contributed by atoms with E-state index in [0.29, 0.717) is 0 Å². The van der Waals surface area contributed by atoms with Crippen LogP contribution in [0.15, 0.2) is 103 Å². The molecule has 1 heterocycles. The lowest BCUT2D eigenvalue weighted by molar-refractivity contribution is 0.793. The third-order valence-electron chi connectivity index (χ3n) is 8.33. The molecule has 1 aromatic heterocycles. The minimum absolute atomic E-state index is 0.284. The molecule has 0 bridgehead atoms. The molecule has 0 saturated heterocycles. The van der Waals surface area contributed by atoms with E-state index in [0.717, 1.165) is 12.8 Å². The first-order valence-corrected chi connectivity index (χ1v) is 12.7. The molecule has 166 valence electrons. The summed E-state index contributed by atoms with van der Waals surface area (Å²) in [5, 5.41) is 2.59. The smallest absolute Gasteiger partial charge is 0.0726 e. The Morgan fingerprint density at radius 3 is 2.14 bits per heavy atom. The number of aromatic nitrogens is 1. The zero-order chi connectivity index (χ0) is 23.1. The van der Waals surface area contributed by atoms with Crippen LogP contribution in [0.2, 0.25) is 0 Å². The predicted molar refractivity (Wildman–Crippen MR) is 146 cm³/mol. The molecule has 0 fully saturated rings. The topological polar surface area (TPSA) is 15.8 Å². The molecule has 0 amide bonds. The number of para-hydroxylation sites is 1. The van der Waals surface area contributed by atoms with Crippen LogP contribution in [0.25, 0.3) is 44.1 Å². The molecule has 1 atom stereocenters. The van der Waals surface area contributed by atoms with Crippen LogP contribution in [0, 0.1) is 0 Å². The molecule has 2 aliphatic rings. The molecule has 5 aromatic carbocycles. The Labute approximate surface area is 205 Å². The molecule has 1 N–H and O–H groups in total. The van der Waals surface area contributed by atoms with E-state index in [2.05, 4.69) is 115 Å². The van der Waals surface area contributed by atoms with E-state index >= 15 is 0 Å². The average molecular weight is 448 g/mol. The number of hydrogen-bond acceptors (Lipinski definition) is 0. The van der Waals surface area contributed by atoms with Crippen molar-refractivity contribution in [3.63, 3.8) is 0 Å². The van der Waals surface area contributed by atoms with Gasteiger partial charge in [-0.15, -0.1) is 0 Å². The second kappa shape index (κ2) is 6.73. The van der Waals surface area contributed by atoms with Gasteiger partial charge >= 0.3 is 0 Å². The van der Waals surface area contributed by atoms with Crippen LogP contribution < -0.4 is 0 Å². The SMILES string of the molecule is CCCc1ccc2c(c1)-c1ccccc1C21c2ccccc2-c2c1ccc1c2[nH]c2ccccc21. The molecule has 1 heteroatoms. The van der Waals surface area contributed by atoms with Gasteiger partial charge in [0.1, 0.15) is 0 Å². The van der Waals surface area contributed by atoms with E-state index in [1.54, 1.807) is 0 Å². The van der Waals surface area contributed by atoms with Crippen molar-refractivity contribution in [3.05, 3.63) is 131 Å². The predicted octanol–water partition coefficient (Wildman–Crippen LogP) is 8.62. The molecule has 0 aliphatic heterocycles. The number of hydrogen-bond donors (Lipinski definition) is 1. The fourth-order valence-corrected chi connectivity index (χ4v) is 7.04. The number of aryl methyl sites for hydroxylation is 1. The summed E-state index contributed by atoms with van der Waals surface area (Å²) >= 11 is 0. The Bertz CT molecular complexity index is 1820. The molecule has 1 unspecified atom stereocenters. The van der Waals surface area contributed by atoms with Gasteiger partial charge in [-0.25, -0.2) is 0 Å². The standard InChI is InChI=1S/C34H25N/c1-2-9-21-16-18-29-26(20-21)22-10-3-6-13-27(22)34(29)28-14-7-4-12-25(28)32-30(34)19-17-24-23-11-5-8-15-31(23)35-33(24)32/h3-8,10-20,35H,2,9H2,1H3. The van der Waals surface area contributed by atoms with E-state index in [1.165, 1.54) is 71.9 Å². The zero-order valence-electron chi connectivity index (χ0n) is 19.7. The lowest BCUT2D eigenvalue weighted by Crippen LogP contribution is -2.25. The zero-order valence-corrected chi connectivity index (χ0v) is 19.7. The van der Waals surface area contributed by atoms with E-state index in [4.69, 9.17) is 0 Å². The Morgan fingerprint density at radius 1 is 0.600 bits per heavy atom. The highest BCUT2D eigenvalue weighted by Gasteiger charge is 2.52. The van der Waals surface area contributed by atoms with Gasteiger partial charge in [-0.1, -0.05) is 110 Å². The van der Waals surface area contributed by atoms with Gasteiger partial charge in [0.15, 0.2) is 0 Å². The second-order valence-electron chi connectivity index (χ2n) is 10.1. The maximum absolute atomic E-state index is 3.80. The molecule has 6 aromatic rings. The van der Waals surface area contributed by atoms with Crippen molar-refractivity contribution in [2.45, 2.75) is 25.2 Å². The van der Waals surface area contributed by atoms with Crippen LogP contribution in [-0.2, 0) is 11.8 Å². The fourth-order valence-electron chi connectivity index (χ4n) is 7.04. The van der Waals surface area contributed by atoms with Crippen LogP contribution in [0.3, 0.4) is 0 Å². The highest BCUT2D eigenvalue weighted by molar-refractivity contribution is 6.14. The van der Waals surface area contributed by atoms with E-state index in [9.17, 15) is 0 Å². The molecule has 35 heavy (non-hydrogen) atoms. The van der Waals surface area contributed by atoms with Crippen molar-refractivity contribution in [3.8, 4) is 22.3 Å². The minimum Gasteiger partial charge on any atom is -0.354 e. The van der Waals surface area contributed by atoms with Crippen molar-refractivity contribution in [1.29, 1.82) is 0 Å². The highest BCUT2D eigenvalue weighted by Crippen LogP contribution is 2.63. The number of nitrogens with one attached hydrogen (secondary N) is 1. The fraction of sp³-hybridized carbons (Fsp3) is 0.118. The third-order valence-corrected chi connectivity index (χ3v) is 8.33. The largest absolute Gasteiger partial charge is 0.354 e. The third kappa shape index (κ3) is 2.24. The average Bonchev–Trinajstić information content (AvgIpc) is 3.52. The highest BCUT2D eigenvalue weighted by atomic mass is 14.7. The second-order valence-corrected chi connectivity index (χ2v) is 10.1. The summed E-state index contributed by atoms with van der Waals surface area (Å²) in [6, 6.07) is 38.8. The lowest BCUT2D eigenvalue weighted by Gasteiger charge is -2.30. The normalized spacial score (nSPS) is 17.1. The first-order chi connectivity index (χ1) is 17.3. The summed E-state index contributed by atoms with van der Waals surface area (Å²) < 4.78 is 0. The first-order valence-electron chi connectivity index (χ1n) is 12.7. The molecule has 1 nitrogen and oxygen atoms in total. The molecule has 2 aliphatic carbocycles. The van der Waals surface area contributed by atoms with Crippen LogP contribution in [-0.4, -0.2) is 4.98 Å². The summed E-state index contributed by atoms with van der Waals surface area (Å²) in [5.41, 5.74) is 14.7. The maximum Gasteiger partial charge on any atom is 0.0726 e. The first kappa shape index (κ1) is 19.2. The summed E-state index contributed by atoms with van der Waals surface area (Å²) in [4.78, 5) is 3.80. The lowest BCUT2D eigenvalue weighted by atomic mass is 9.70. The van der Waals surface area contributed by atoms with E-state index in [-0.39, 0.29) is 5.41 Å². The Hall–Kier alpha value is -4.10. The maximum atomic E-state index is 3.80.